The molecule has 0 radical (unpaired) electrons. The van der Waals surface area contributed by atoms with E-state index in [2.05, 4.69) is 0 Å². The molecule has 6 nitrogen and oxygen atoms in total. The molecule has 0 aliphatic carbocycles. The van der Waals surface area contributed by atoms with Crippen LogP contribution >= 0.6 is 0 Å². The molecule has 0 atom stereocenters. The Hall–Kier alpha value is -2.24. The third kappa shape index (κ3) is 1.98. The summed E-state index contributed by atoms with van der Waals surface area (Å²) in [7, 11) is 0. The molecule has 15 heavy (non-hydrogen) atoms. The van der Waals surface area contributed by atoms with Crippen molar-refractivity contribution < 1.29 is 19.6 Å². The van der Waals surface area contributed by atoms with Gasteiger partial charge in [0.15, 0.2) is 0 Å². The van der Waals surface area contributed by atoms with Crippen LogP contribution in [0.4, 0.5) is 5.69 Å². The van der Waals surface area contributed by atoms with E-state index in [0.29, 0.717) is 6.29 Å². The van der Waals surface area contributed by atoms with Crippen LogP contribution in [0, 0.1) is 17.0 Å². The van der Waals surface area contributed by atoms with Gasteiger partial charge in [-0.25, -0.2) is 4.79 Å². The van der Waals surface area contributed by atoms with Crippen LogP contribution in [0.1, 0.15) is 26.3 Å². The SMILES string of the molecule is Cc1c(C(=O)O)cc(C=O)cc1[N+](=O)[O-]. The minimum atomic E-state index is -1.29. The Bertz CT molecular complexity index is 417. The van der Waals surface area contributed by atoms with E-state index in [1.54, 1.807) is 0 Å². The molecule has 78 valence electrons. The van der Waals surface area contributed by atoms with Crippen LogP contribution in [0.15, 0.2) is 12.1 Å². The van der Waals surface area contributed by atoms with Crippen molar-refractivity contribution in [1.82, 2.24) is 0 Å². The van der Waals surface area contributed by atoms with E-state index in [4.69, 9.17) is 5.11 Å². The molecule has 0 fully saturated rings. The number of hydrogen-bond acceptors (Lipinski definition) is 4. The van der Waals surface area contributed by atoms with Crippen LogP contribution in [0.3, 0.4) is 0 Å². The second-order valence-electron chi connectivity index (χ2n) is 2.89. The zero-order valence-corrected chi connectivity index (χ0v) is 7.76. The van der Waals surface area contributed by atoms with Gasteiger partial charge >= 0.3 is 5.97 Å². The van der Waals surface area contributed by atoms with Gasteiger partial charge in [-0.05, 0) is 13.0 Å². The third-order valence-electron chi connectivity index (χ3n) is 1.97. The summed E-state index contributed by atoms with van der Waals surface area (Å²) >= 11 is 0. The van der Waals surface area contributed by atoms with Gasteiger partial charge in [0.25, 0.3) is 5.69 Å². The van der Waals surface area contributed by atoms with E-state index in [0.717, 1.165) is 12.1 Å². The van der Waals surface area contributed by atoms with Crippen LogP contribution in [0.25, 0.3) is 0 Å². The lowest BCUT2D eigenvalue weighted by Gasteiger charge is -2.02. The predicted molar refractivity (Wildman–Crippen MR) is 50.2 cm³/mol. The van der Waals surface area contributed by atoms with Gasteiger partial charge in [-0.15, -0.1) is 0 Å². The highest BCUT2D eigenvalue weighted by Gasteiger charge is 2.19. The molecular formula is C9H7NO5. The highest BCUT2D eigenvalue weighted by molar-refractivity contribution is 5.93. The molecular weight excluding hydrogens is 202 g/mol. The van der Waals surface area contributed by atoms with E-state index < -0.39 is 10.9 Å². The van der Waals surface area contributed by atoms with Gasteiger partial charge in [-0.2, -0.15) is 0 Å². The Labute approximate surface area is 84.3 Å². The van der Waals surface area contributed by atoms with Gasteiger partial charge < -0.3 is 5.11 Å². The van der Waals surface area contributed by atoms with Crippen molar-refractivity contribution in [3.63, 3.8) is 0 Å². The first-order valence-electron chi connectivity index (χ1n) is 3.95. The van der Waals surface area contributed by atoms with Gasteiger partial charge in [0.2, 0.25) is 0 Å². The van der Waals surface area contributed by atoms with Gasteiger partial charge in [0.05, 0.1) is 10.5 Å². The molecule has 1 aromatic carbocycles. The standard InChI is InChI=1S/C9H7NO5/c1-5-7(9(12)13)2-6(4-11)3-8(5)10(14)15/h2-4H,1H3,(H,12,13). The molecule has 0 spiro atoms. The van der Waals surface area contributed by atoms with Crippen LogP contribution in [-0.2, 0) is 0 Å². The Morgan fingerprint density at radius 2 is 2.13 bits per heavy atom. The van der Waals surface area contributed by atoms with Crippen molar-refractivity contribution in [1.29, 1.82) is 0 Å². The topological polar surface area (TPSA) is 97.5 Å². The van der Waals surface area contributed by atoms with Crippen molar-refractivity contribution in [2.24, 2.45) is 0 Å². The monoisotopic (exact) mass is 209 g/mol. The number of aromatic carboxylic acids is 1. The lowest BCUT2D eigenvalue weighted by Crippen LogP contribution is -2.04. The molecule has 0 saturated carbocycles. The molecule has 0 aliphatic rings. The maximum atomic E-state index is 10.7. The fourth-order valence-electron chi connectivity index (χ4n) is 1.20. The summed E-state index contributed by atoms with van der Waals surface area (Å²) in [5.41, 5.74) is -0.578. The fraction of sp³-hybridized carbons (Fsp3) is 0.111. The lowest BCUT2D eigenvalue weighted by atomic mass is 10.0. The zero-order chi connectivity index (χ0) is 11.6. The van der Waals surface area contributed by atoms with Crippen molar-refractivity contribution in [2.45, 2.75) is 6.92 Å². The number of hydrogen-bond donors (Lipinski definition) is 1. The number of carbonyl (C=O) groups excluding carboxylic acids is 1. The Morgan fingerprint density at radius 3 is 2.53 bits per heavy atom. The van der Waals surface area contributed by atoms with Crippen LogP contribution in [0.5, 0.6) is 0 Å². The first-order chi connectivity index (χ1) is 6.97. The van der Waals surface area contributed by atoms with Gasteiger partial charge in [-0.1, -0.05) is 0 Å². The van der Waals surface area contributed by atoms with E-state index >= 15 is 0 Å². The van der Waals surface area contributed by atoms with Gasteiger partial charge in [0, 0.05) is 17.2 Å². The number of carboxylic acids is 1. The summed E-state index contributed by atoms with van der Waals surface area (Å²) in [5, 5.41) is 19.3. The summed E-state index contributed by atoms with van der Waals surface area (Å²) in [6.07, 6.45) is 0.374. The summed E-state index contributed by atoms with van der Waals surface area (Å²) < 4.78 is 0. The maximum absolute atomic E-state index is 10.7. The average Bonchev–Trinajstić information content (AvgIpc) is 2.17. The quantitative estimate of drug-likeness (QED) is 0.461. The molecule has 0 aliphatic heterocycles. The molecule has 0 heterocycles. The number of carbonyl (C=O) groups is 2. The lowest BCUT2D eigenvalue weighted by molar-refractivity contribution is -0.385. The molecule has 6 heteroatoms. The number of nitro benzene ring substituents is 1. The molecule has 1 N–H and O–H groups in total. The first-order valence-corrected chi connectivity index (χ1v) is 3.95. The van der Waals surface area contributed by atoms with Crippen LogP contribution < -0.4 is 0 Å². The number of carboxylic acid groups (broad SMARTS) is 1. The van der Waals surface area contributed by atoms with Crippen molar-refractivity contribution in [3.8, 4) is 0 Å². The summed E-state index contributed by atoms with van der Waals surface area (Å²) in [4.78, 5) is 31.0. The molecule has 0 unspecified atom stereocenters. The smallest absolute Gasteiger partial charge is 0.336 e. The average molecular weight is 209 g/mol. The molecule has 1 rings (SSSR count). The number of nitrogens with zero attached hydrogens (tertiary/aromatic N) is 1. The predicted octanol–water partition coefficient (Wildman–Crippen LogP) is 1.41. The van der Waals surface area contributed by atoms with E-state index in [-0.39, 0.29) is 22.4 Å². The number of aldehydes is 1. The molecule has 0 saturated heterocycles. The van der Waals surface area contributed by atoms with E-state index in [1.807, 2.05) is 0 Å². The molecule has 0 bridgehead atoms. The van der Waals surface area contributed by atoms with Gasteiger partial charge in [-0.3, -0.25) is 14.9 Å². The number of benzene rings is 1. The van der Waals surface area contributed by atoms with Crippen molar-refractivity contribution in [2.75, 3.05) is 0 Å². The third-order valence-corrected chi connectivity index (χ3v) is 1.97. The Morgan fingerprint density at radius 1 is 1.53 bits per heavy atom. The number of rotatable bonds is 3. The highest BCUT2D eigenvalue weighted by atomic mass is 16.6. The summed E-state index contributed by atoms with van der Waals surface area (Å²) in [6.45, 7) is 1.33. The summed E-state index contributed by atoms with van der Waals surface area (Å²) in [5.74, 6) is -1.29. The number of nitro groups is 1. The van der Waals surface area contributed by atoms with Crippen molar-refractivity contribution in [3.05, 3.63) is 38.9 Å². The minimum absolute atomic E-state index is 0.0234. The highest BCUT2D eigenvalue weighted by Crippen LogP contribution is 2.23. The van der Waals surface area contributed by atoms with E-state index in [1.165, 1.54) is 6.92 Å². The minimum Gasteiger partial charge on any atom is -0.478 e. The Balaban J connectivity index is 3.53. The summed E-state index contributed by atoms with van der Waals surface area (Å²) in [6, 6.07) is 2.16. The second kappa shape index (κ2) is 3.87. The normalized spacial score (nSPS) is 9.67. The Kier molecular flexibility index (Phi) is 2.80. The largest absolute Gasteiger partial charge is 0.478 e. The second-order valence-corrected chi connectivity index (χ2v) is 2.89. The van der Waals surface area contributed by atoms with Crippen molar-refractivity contribution >= 4 is 17.9 Å². The van der Waals surface area contributed by atoms with Crippen LogP contribution in [0.2, 0.25) is 0 Å². The van der Waals surface area contributed by atoms with Crippen LogP contribution in [-0.4, -0.2) is 22.3 Å². The van der Waals surface area contributed by atoms with Gasteiger partial charge in [0.1, 0.15) is 6.29 Å². The fourth-order valence-corrected chi connectivity index (χ4v) is 1.20. The first kappa shape index (κ1) is 10.8. The zero-order valence-electron chi connectivity index (χ0n) is 7.76. The maximum Gasteiger partial charge on any atom is 0.336 e. The molecule has 1 aromatic rings. The molecule has 0 amide bonds. The molecule has 0 aromatic heterocycles. The van der Waals surface area contributed by atoms with E-state index in [9.17, 15) is 19.7 Å².